The third-order valence-electron chi connectivity index (χ3n) is 3.86. The van der Waals surface area contributed by atoms with Gasteiger partial charge in [0, 0.05) is 6.54 Å². The number of benzene rings is 2. The van der Waals surface area contributed by atoms with E-state index in [1.165, 1.54) is 23.3 Å². The van der Waals surface area contributed by atoms with Crippen molar-refractivity contribution in [1.82, 2.24) is 4.98 Å². The number of pyridine rings is 1. The van der Waals surface area contributed by atoms with Crippen LogP contribution >= 0.6 is 0 Å². The van der Waals surface area contributed by atoms with Crippen molar-refractivity contribution in [1.29, 1.82) is 0 Å². The van der Waals surface area contributed by atoms with Gasteiger partial charge >= 0.3 is 0 Å². The second-order valence-electron chi connectivity index (χ2n) is 5.65. The second-order valence-corrected chi connectivity index (χ2v) is 5.65. The number of nitrogens with one attached hydrogen (secondary N) is 2. The zero-order valence-electron chi connectivity index (χ0n) is 13.8. The van der Waals surface area contributed by atoms with Crippen LogP contribution in [-0.2, 0) is 6.54 Å². The molecule has 0 fully saturated rings. The Morgan fingerprint density at radius 3 is 2.52 bits per heavy atom. The van der Waals surface area contributed by atoms with Crippen molar-refractivity contribution in [2.75, 3.05) is 10.6 Å². The minimum atomic E-state index is -0.551. The van der Waals surface area contributed by atoms with Gasteiger partial charge < -0.3 is 10.6 Å². The standard InChI is InChI=1S/C20H18FN3O/c1-14-6-2-3-7-15(14)12-22-19-11-10-16(13-23-19)24-20(25)17-8-4-5-9-18(17)21/h2-11,13H,12H2,1H3,(H,22,23)(H,24,25). The minimum Gasteiger partial charge on any atom is -0.366 e. The summed E-state index contributed by atoms with van der Waals surface area (Å²) in [6, 6.07) is 17.5. The van der Waals surface area contributed by atoms with Crippen molar-refractivity contribution < 1.29 is 9.18 Å². The zero-order valence-corrected chi connectivity index (χ0v) is 13.8. The molecule has 2 N–H and O–H groups in total. The number of carbonyl (C=O) groups is 1. The molecule has 0 aliphatic heterocycles. The molecule has 4 nitrogen and oxygen atoms in total. The predicted molar refractivity (Wildman–Crippen MR) is 97.1 cm³/mol. The molecular formula is C20H18FN3O. The highest BCUT2D eigenvalue weighted by molar-refractivity contribution is 6.04. The Balaban J connectivity index is 1.62. The number of amides is 1. The van der Waals surface area contributed by atoms with E-state index in [0.29, 0.717) is 18.1 Å². The topological polar surface area (TPSA) is 54.0 Å². The van der Waals surface area contributed by atoms with E-state index in [4.69, 9.17) is 0 Å². The van der Waals surface area contributed by atoms with Crippen LogP contribution in [-0.4, -0.2) is 10.9 Å². The van der Waals surface area contributed by atoms with E-state index in [2.05, 4.69) is 34.7 Å². The lowest BCUT2D eigenvalue weighted by molar-refractivity contribution is 0.102. The Morgan fingerprint density at radius 2 is 1.80 bits per heavy atom. The summed E-state index contributed by atoms with van der Waals surface area (Å²) in [6.07, 6.45) is 1.54. The summed E-state index contributed by atoms with van der Waals surface area (Å²) >= 11 is 0. The Bertz CT molecular complexity index is 878. The molecule has 2 aromatic carbocycles. The van der Waals surface area contributed by atoms with Crippen molar-refractivity contribution in [3.63, 3.8) is 0 Å². The number of carbonyl (C=O) groups excluding carboxylic acids is 1. The molecule has 0 unspecified atom stereocenters. The van der Waals surface area contributed by atoms with Crippen LogP contribution in [0.3, 0.4) is 0 Å². The SMILES string of the molecule is Cc1ccccc1CNc1ccc(NC(=O)c2ccccc2F)cn1. The van der Waals surface area contributed by atoms with E-state index in [9.17, 15) is 9.18 Å². The van der Waals surface area contributed by atoms with Gasteiger partial charge in [-0.3, -0.25) is 4.79 Å². The van der Waals surface area contributed by atoms with Crippen molar-refractivity contribution in [3.8, 4) is 0 Å². The van der Waals surface area contributed by atoms with Gasteiger partial charge in [0.25, 0.3) is 5.91 Å². The van der Waals surface area contributed by atoms with Crippen LogP contribution in [0.2, 0.25) is 0 Å². The first-order chi connectivity index (χ1) is 12.1. The summed E-state index contributed by atoms with van der Waals surface area (Å²) in [6.45, 7) is 2.73. The number of nitrogens with zero attached hydrogens (tertiary/aromatic N) is 1. The number of halogens is 1. The average Bonchev–Trinajstić information content (AvgIpc) is 2.62. The lowest BCUT2D eigenvalue weighted by atomic mass is 10.1. The van der Waals surface area contributed by atoms with Crippen LogP contribution in [0.15, 0.2) is 66.9 Å². The van der Waals surface area contributed by atoms with Crippen LogP contribution in [0.4, 0.5) is 15.9 Å². The molecule has 0 radical (unpaired) electrons. The average molecular weight is 335 g/mol. The summed E-state index contributed by atoms with van der Waals surface area (Å²) in [5.74, 6) is -0.350. The molecule has 0 saturated heterocycles. The highest BCUT2D eigenvalue weighted by Gasteiger charge is 2.11. The molecule has 3 rings (SSSR count). The van der Waals surface area contributed by atoms with E-state index in [-0.39, 0.29) is 5.56 Å². The number of rotatable bonds is 5. The van der Waals surface area contributed by atoms with Crippen molar-refractivity contribution in [2.24, 2.45) is 0 Å². The monoisotopic (exact) mass is 335 g/mol. The van der Waals surface area contributed by atoms with Gasteiger partial charge in [-0.1, -0.05) is 36.4 Å². The molecule has 126 valence electrons. The van der Waals surface area contributed by atoms with Crippen LogP contribution in [0, 0.1) is 12.7 Å². The van der Waals surface area contributed by atoms with Crippen LogP contribution in [0.5, 0.6) is 0 Å². The quantitative estimate of drug-likeness (QED) is 0.727. The number of hydrogen-bond donors (Lipinski definition) is 2. The first-order valence-electron chi connectivity index (χ1n) is 7.94. The van der Waals surface area contributed by atoms with Crippen molar-refractivity contribution >= 4 is 17.4 Å². The summed E-state index contributed by atoms with van der Waals surface area (Å²) in [4.78, 5) is 16.3. The Morgan fingerprint density at radius 1 is 1.04 bits per heavy atom. The fraction of sp³-hybridized carbons (Fsp3) is 0.100. The van der Waals surface area contributed by atoms with Crippen LogP contribution in [0.1, 0.15) is 21.5 Å². The molecule has 25 heavy (non-hydrogen) atoms. The zero-order chi connectivity index (χ0) is 17.6. The fourth-order valence-corrected chi connectivity index (χ4v) is 2.41. The second kappa shape index (κ2) is 7.57. The predicted octanol–water partition coefficient (Wildman–Crippen LogP) is 4.39. The van der Waals surface area contributed by atoms with E-state index >= 15 is 0 Å². The fourth-order valence-electron chi connectivity index (χ4n) is 2.41. The number of aromatic nitrogens is 1. The Labute approximate surface area is 145 Å². The highest BCUT2D eigenvalue weighted by atomic mass is 19.1. The number of anilines is 2. The molecule has 1 amide bonds. The van der Waals surface area contributed by atoms with Crippen LogP contribution < -0.4 is 10.6 Å². The van der Waals surface area contributed by atoms with Gasteiger partial charge in [0.1, 0.15) is 11.6 Å². The molecular weight excluding hydrogens is 317 g/mol. The molecule has 3 aromatic rings. The maximum Gasteiger partial charge on any atom is 0.258 e. The number of hydrogen-bond acceptors (Lipinski definition) is 3. The lowest BCUT2D eigenvalue weighted by Gasteiger charge is -2.09. The summed E-state index contributed by atoms with van der Waals surface area (Å²) in [5.41, 5.74) is 2.92. The summed E-state index contributed by atoms with van der Waals surface area (Å²) in [7, 11) is 0. The molecule has 0 bridgehead atoms. The van der Waals surface area contributed by atoms with E-state index in [0.717, 1.165) is 0 Å². The molecule has 0 aliphatic rings. The maximum atomic E-state index is 13.6. The smallest absolute Gasteiger partial charge is 0.258 e. The van der Waals surface area contributed by atoms with Crippen molar-refractivity contribution in [2.45, 2.75) is 13.5 Å². The Hall–Kier alpha value is -3.21. The van der Waals surface area contributed by atoms with E-state index in [1.807, 2.05) is 12.1 Å². The normalized spacial score (nSPS) is 10.3. The van der Waals surface area contributed by atoms with Gasteiger partial charge in [0.15, 0.2) is 0 Å². The van der Waals surface area contributed by atoms with Crippen molar-refractivity contribution in [3.05, 3.63) is 89.4 Å². The molecule has 5 heteroatoms. The summed E-state index contributed by atoms with van der Waals surface area (Å²) < 4.78 is 13.6. The van der Waals surface area contributed by atoms with Gasteiger partial charge in [0.05, 0.1) is 17.4 Å². The van der Waals surface area contributed by atoms with Gasteiger partial charge in [-0.05, 0) is 42.3 Å². The van der Waals surface area contributed by atoms with Gasteiger partial charge in [0.2, 0.25) is 0 Å². The third kappa shape index (κ3) is 4.20. The molecule has 0 atom stereocenters. The molecule has 0 saturated carbocycles. The third-order valence-corrected chi connectivity index (χ3v) is 3.86. The molecule has 1 heterocycles. The van der Waals surface area contributed by atoms with Crippen LogP contribution in [0.25, 0.3) is 0 Å². The largest absolute Gasteiger partial charge is 0.366 e. The van der Waals surface area contributed by atoms with E-state index in [1.54, 1.807) is 30.5 Å². The lowest BCUT2D eigenvalue weighted by Crippen LogP contribution is -2.14. The first kappa shape index (κ1) is 16.6. The minimum absolute atomic E-state index is 0.00394. The molecule has 0 spiro atoms. The summed E-state index contributed by atoms with van der Waals surface area (Å²) in [5, 5.41) is 5.88. The highest BCUT2D eigenvalue weighted by Crippen LogP contribution is 2.14. The van der Waals surface area contributed by atoms with Gasteiger partial charge in [-0.25, -0.2) is 9.37 Å². The van der Waals surface area contributed by atoms with Gasteiger partial charge in [-0.2, -0.15) is 0 Å². The Kier molecular flexibility index (Phi) is 5.04. The molecule has 0 aliphatic carbocycles. The first-order valence-corrected chi connectivity index (χ1v) is 7.94. The molecule has 1 aromatic heterocycles. The maximum absolute atomic E-state index is 13.6. The number of aryl methyl sites for hydroxylation is 1. The van der Waals surface area contributed by atoms with E-state index < -0.39 is 11.7 Å². The van der Waals surface area contributed by atoms with Gasteiger partial charge in [-0.15, -0.1) is 0 Å².